The van der Waals surface area contributed by atoms with Crippen LogP contribution in [0.4, 0.5) is 0 Å². The second-order valence-corrected chi connectivity index (χ2v) is 6.43. The maximum atomic E-state index is 2.56. The Balaban J connectivity index is 1.57. The molecule has 2 heterocycles. The normalized spacial score (nSPS) is 16.5. The summed E-state index contributed by atoms with van der Waals surface area (Å²) in [4.78, 5) is 2.56. The standard InChI is InChI=1S/C22H23N2/c1-3-9-19(10-4-1)22(20-11-5-2-6-12-20)24-17-13-21(14-18-24)23-15-7-8-16-23/h1-12,15-16,21H,13-14,17-18H2. The smallest absolute Gasteiger partial charge is 0.0987 e. The van der Waals surface area contributed by atoms with Gasteiger partial charge in [-0.15, -0.1) is 0 Å². The van der Waals surface area contributed by atoms with Gasteiger partial charge in [0.05, 0.1) is 6.04 Å². The highest BCUT2D eigenvalue weighted by molar-refractivity contribution is 5.44. The Morgan fingerprint density at radius 2 is 1.17 bits per heavy atom. The first-order valence-corrected chi connectivity index (χ1v) is 8.77. The van der Waals surface area contributed by atoms with Crippen molar-refractivity contribution in [1.29, 1.82) is 0 Å². The zero-order chi connectivity index (χ0) is 16.2. The minimum absolute atomic E-state index is 0.629. The molecule has 4 rings (SSSR count). The van der Waals surface area contributed by atoms with E-state index >= 15 is 0 Å². The zero-order valence-corrected chi connectivity index (χ0v) is 13.9. The minimum atomic E-state index is 0.629. The van der Waals surface area contributed by atoms with E-state index < -0.39 is 0 Å². The molecule has 0 unspecified atom stereocenters. The van der Waals surface area contributed by atoms with Gasteiger partial charge in [-0.1, -0.05) is 60.7 Å². The number of nitrogens with zero attached hydrogens (tertiary/aromatic N) is 2. The third kappa shape index (κ3) is 3.15. The van der Waals surface area contributed by atoms with Gasteiger partial charge >= 0.3 is 0 Å². The van der Waals surface area contributed by atoms with Crippen LogP contribution in [0.1, 0.15) is 30.0 Å². The topological polar surface area (TPSA) is 8.17 Å². The Hall–Kier alpha value is -2.32. The highest BCUT2D eigenvalue weighted by Gasteiger charge is 2.28. The summed E-state index contributed by atoms with van der Waals surface area (Å²) in [7, 11) is 0. The summed E-state index contributed by atoms with van der Waals surface area (Å²) in [5, 5.41) is 0. The molecule has 2 aromatic carbocycles. The predicted molar refractivity (Wildman–Crippen MR) is 98.6 cm³/mol. The molecule has 1 aliphatic rings. The molecule has 24 heavy (non-hydrogen) atoms. The summed E-state index contributed by atoms with van der Waals surface area (Å²) < 4.78 is 2.36. The van der Waals surface area contributed by atoms with Crippen LogP contribution in [0.3, 0.4) is 0 Å². The van der Waals surface area contributed by atoms with Crippen molar-refractivity contribution in [3.8, 4) is 0 Å². The van der Waals surface area contributed by atoms with Gasteiger partial charge in [-0.2, -0.15) is 0 Å². The van der Waals surface area contributed by atoms with Crippen molar-refractivity contribution in [2.24, 2.45) is 0 Å². The highest BCUT2D eigenvalue weighted by atomic mass is 15.2. The molecule has 2 heteroatoms. The lowest BCUT2D eigenvalue weighted by Crippen LogP contribution is -2.38. The van der Waals surface area contributed by atoms with Gasteiger partial charge in [0.2, 0.25) is 0 Å². The number of piperidine rings is 1. The maximum absolute atomic E-state index is 2.56. The molecule has 1 fully saturated rings. The van der Waals surface area contributed by atoms with Crippen LogP contribution in [0.5, 0.6) is 0 Å². The molecule has 121 valence electrons. The number of aromatic nitrogens is 1. The highest BCUT2D eigenvalue weighted by Crippen LogP contribution is 2.32. The van der Waals surface area contributed by atoms with Crippen molar-refractivity contribution in [1.82, 2.24) is 9.47 Å². The molecule has 2 nitrogen and oxygen atoms in total. The first kappa shape index (κ1) is 15.2. The van der Waals surface area contributed by atoms with E-state index in [1.165, 1.54) is 30.0 Å². The van der Waals surface area contributed by atoms with Crippen molar-refractivity contribution in [2.45, 2.75) is 18.9 Å². The minimum Gasteiger partial charge on any atom is -0.351 e. The fourth-order valence-electron chi connectivity index (χ4n) is 3.70. The van der Waals surface area contributed by atoms with Crippen LogP contribution < -0.4 is 0 Å². The molecule has 1 aromatic heterocycles. The molecule has 0 amide bonds. The molecule has 0 aliphatic carbocycles. The fourth-order valence-corrected chi connectivity index (χ4v) is 3.70. The molecule has 0 N–H and O–H groups in total. The lowest BCUT2D eigenvalue weighted by molar-refractivity contribution is 0.210. The van der Waals surface area contributed by atoms with Crippen LogP contribution in [0.15, 0.2) is 85.2 Å². The number of hydrogen-bond acceptors (Lipinski definition) is 1. The summed E-state index contributed by atoms with van der Waals surface area (Å²) in [5.41, 5.74) is 2.62. The largest absolute Gasteiger partial charge is 0.351 e. The molecular weight excluding hydrogens is 292 g/mol. The van der Waals surface area contributed by atoms with E-state index in [0.717, 1.165) is 13.1 Å². The Morgan fingerprint density at radius 3 is 1.67 bits per heavy atom. The first-order chi connectivity index (χ1) is 11.9. The van der Waals surface area contributed by atoms with Crippen LogP contribution in [0.2, 0.25) is 0 Å². The molecule has 1 saturated heterocycles. The average molecular weight is 315 g/mol. The van der Waals surface area contributed by atoms with E-state index in [4.69, 9.17) is 0 Å². The quantitative estimate of drug-likeness (QED) is 0.674. The summed E-state index contributed by atoms with van der Waals surface area (Å²) in [6.45, 7) is 2.20. The summed E-state index contributed by atoms with van der Waals surface area (Å²) >= 11 is 0. The van der Waals surface area contributed by atoms with E-state index in [0.29, 0.717) is 6.04 Å². The van der Waals surface area contributed by atoms with Crippen molar-refractivity contribution in [2.75, 3.05) is 13.1 Å². The van der Waals surface area contributed by atoms with Crippen molar-refractivity contribution < 1.29 is 0 Å². The Labute approximate surface area is 144 Å². The second-order valence-electron chi connectivity index (χ2n) is 6.43. The van der Waals surface area contributed by atoms with Gasteiger partial charge in [-0.3, -0.25) is 4.90 Å². The van der Waals surface area contributed by atoms with E-state index in [-0.39, 0.29) is 0 Å². The lowest BCUT2D eigenvalue weighted by Gasteiger charge is -2.38. The first-order valence-electron chi connectivity index (χ1n) is 8.77. The molecule has 1 aliphatic heterocycles. The monoisotopic (exact) mass is 315 g/mol. The van der Waals surface area contributed by atoms with E-state index in [2.05, 4.69) is 94.7 Å². The van der Waals surface area contributed by atoms with Crippen molar-refractivity contribution in [3.63, 3.8) is 0 Å². The molecular formula is C22H23N2. The van der Waals surface area contributed by atoms with Crippen molar-refractivity contribution in [3.05, 3.63) is 102 Å². The van der Waals surface area contributed by atoms with Crippen LogP contribution in [0.25, 0.3) is 0 Å². The van der Waals surface area contributed by atoms with Gasteiger partial charge < -0.3 is 4.57 Å². The third-order valence-corrected chi connectivity index (χ3v) is 4.92. The number of likely N-dealkylation sites (tertiary alicyclic amines) is 1. The molecule has 0 spiro atoms. The molecule has 3 aromatic rings. The Bertz CT molecular complexity index is 687. The summed E-state index contributed by atoms with van der Waals surface area (Å²) in [5.74, 6) is 0. The molecule has 1 radical (unpaired) electrons. The lowest BCUT2D eigenvalue weighted by atomic mass is 9.94. The number of benzene rings is 2. The SMILES string of the molecule is c1ccc([C](c2ccccc2)N2CCC(n3cccc3)CC2)cc1. The van der Waals surface area contributed by atoms with Gasteiger partial charge in [0, 0.05) is 31.5 Å². The number of hydrogen-bond donors (Lipinski definition) is 0. The molecule has 0 saturated carbocycles. The zero-order valence-electron chi connectivity index (χ0n) is 13.9. The van der Waals surface area contributed by atoms with Crippen LogP contribution in [-0.4, -0.2) is 22.6 Å². The molecule has 0 atom stereocenters. The predicted octanol–water partition coefficient (Wildman–Crippen LogP) is 4.75. The second kappa shape index (κ2) is 7.06. The molecule has 0 bridgehead atoms. The Morgan fingerprint density at radius 1 is 0.667 bits per heavy atom. The van der Waals surface area contributed by atoms with E-state index in [9.17, 15) is 0 Å². The van der Waals surface area contributed by atoms with Crippen LogP contribution >= 0.6 is 0 Å². The summed E-state index contributed by atoms with van der Waals surface area (Å²) in [6.07, 6.45) is 6.77. The van der Waals surface area contributed by atoms with Gasteiger partial charge in [-0.05, 0) is 36.1 Å². The summed E-state index contributed by atoms with van der Waals surface area (Å²) in [6, 6.07) is 27.8. The van der Waals surface area contributed by atoms with Gasteiger partial charge in [-0.25, -0.2) is 0 Å². The number of rotatable bonds is 4. The van der Waals surface area contributed by atoms with Crippen LogP contribution in [-0.2, 0) is 0 Å². The van der Waals surface area contributed by atoms with E-state index in [1.807, 2.05) is 0 Å². The Kier molecular flexibility index (Phi) is 4.48. The van der Waals surface area contributed by atoms with Gasteiger partial charge in [0.25, 0.3) is 0 Å². The van der Waals surface area contributed by atoms with Crippen molar-refractivity contribution >= 4 is 0 Å². The van der Waals surface area contributed by atoms with Crippen LogP contribution in [0, 0.1) is 6.04 Å². The maximum Gasteiger partial charge on any atom is 0.0987 e. The third-order valence-electron chi connectivity index (χ3n) is 4.92. The average Bonchev–Trinajstić information content (AvgIpc) is 3.19. The van der Waals surface area contributed by atoms with Gasteiger partial charge in [0.1, 0.15) is 0 Å². The fraction of sp³-hybridized carbons (Fsp3) is 0.227. The van der Waals surface area contributed by atoms with Gasteiger partial charge in [0.15, 0.2) is 0 Å². The van der Waals surface area contributed by atoms with E-state index in [1.54, 1.807) is 0 Å².